The summed E-state index contributed by atoms with van der Waals surface area (Å²) >= 11 is 0. The second kappa shape index (κ2) is 19.8. The van der Waals surface area contributed by atoms with Gasteiger partial charge in [-0.2, -0.15) is 0 Å². The number of fused-ring (bicyclic) bond motifs is 1. The van der Waals surface area contributed by atoms with Crippen LogP contribution in [0, 0.1) is 11.8 Å². The number of hydrogen-bond acceptors (Lipinski definition) is 15. The van der Waals surface area contributed by atoms with Crippen LogP contribution in [0.2, 0.25) is 0 Å². The molecule has 378 valence electrons. The van der Waals surface area contributed by atoms with E-state index in [0.717, 1.165) is 24.3 Å². The van der Waals surface area contributed by atoms with E-state index in [0.29, 0.717) is 33.6 Å². The van der Waals surface area contributed by atoms with Gasteiger partial charge < -0.3 is 65.6 Å². The summed E-state index contributed by atoms with van der Waals surface area (Å²) in [5, 5.41) is 119. The Balaban J connectivity index is 1.16. The van der Waals surface area contributed by atoms with Gasteiger partial charge in [-0.1, -0.05) is 54.6 Å². The van der Waals surface area contributed by atoms with Gasteiger partial charge in [0.25, 0.3) is 0 Å². The summed E-state index contributed by atoms with van der Waals surface area (Å²) in [6.07, 6.45) is -0.354. The number of carbonyl (C=O) groups excluding carboxylic acids is 2. The molecule has 10 rings (SSSR count). The van der Waals surface area contributed by atoms with Crippen molar-refractivity contribution in [2.24, 2.45) is 11.8 Å². The molecule has 8 aromatic carbocycles. The van der Waals surface area contributed by atoms with E-state index >= 15 is 4.79 Å². The lowest BCUT2D eigenvalue weighted by molar-refractivity contribution is 0.0254. The average molecular weight is 1010 g/mol. The third kappa shape index (κ3) is 9.63. The highest BCUT2D eigenvalue weighted by Gasteiger charge is 2.51. The van der Waals surface area contributed by atoms with Crippen molar-refractivity contribution in [2.45, 2.75) is 36.6 Å². The first-order valence-electron chi connectivity index (χ1n) is 23.7. The monoisotopic (exact) mass is 1010 g/mol. The van der Waals surface area contributed by atoms with Crippen LogP contribution in [0.5, 0.6) is 69.0 Å². The van der Waals surface area contributed by atoms with E-state index < -0.39 is 76.5 Å². The molecule has 1 fully saturated rings. The number of benzene rings is 8. The predicted molar refractivity (Wildman–Crippen MR) is 273 cm³/mol. The van der Waals surface area contributed by atoms with Crippen LogP contribution in [0.3, 0.4) is 0 Å². The highest BCUT2D eigenvalue weighted by Crippen LogP contribution is 2.60. The van der Waals surface area contributed by atoms with Gasteiger partial charge in [-0.05, 0) is 120 Å². The first-order valence-corrected chi connectivity index (χ1v) is 23.7. The van der Waals surface area contributed by atoms with E-state index in [-0.39, 0.29) is 74.5 Å². The second-order valence-corrected chi connectivity index (χ2v) is 18.7. The van der Waals surface area contributed by atoms with E-state index in [1.54, 1.807) is 54.6 Å². The standard InChI is InChI=1S/C60H48O15/c61-34-9-1-30(2-10-34)24-46-56(57(73)42-20-17-39(66)27-50(42)70)59(33-7-13-36(63)14-8-33)75-60(46)44-28-43(51(71)29-52(44)72)54(41-19-16-38(65)26-49(41)69)55-45-23-31(3-21-47(67)40-18-15-37(64)25-48(40)68)4-22-53(45)74-58(55)32-5-11-35(62)12-6-32/h1-23,25-29,46,54-56,58-66,68-72H,24H2/t46-,54+,55-,56+,58-,59+,60-/m0/s1. The van der Waals surface area contributed by atoms with Crippen molar-refractivity contribution < 1.29 is 75.2 Å². The molecule has 0 saturated carbocycles. The van der Waals surface area contributed by atoms with Crippen LogP contribution in [-0.2, 0) is 11.2 Å². The lowest BCUT2D eigenvalue weighted by Crippen LogP contribution is -2.27. The summed E-state index contributed by atoms with van der Waals surface area (Å²) in [5.74, 6) is -7.88. The van der Waals surface area contributed by atoms with Crippen molar-refractivity contribution in [3.05, 3.63) is 219 Å². The summed E-state index contributed by atoms with van der Waals surface area (Å²) < 4.78 is 13.7. The fraction of sp³-hybridized carbons (Fsp3) is 0.133. The molecule has 0 radical (unpaired) electrons. The zero-order chi connectivity index (χ0) is 52.8. The van der Waals surface area contributed by atoms with Crippen molar-refractivity contribution in [2.75, 3.05) is 0 Å². The molecule has 15 nitrogen and oxygen atoms in total. The van der Waals surface area contributed by atoms with E-state index in [4.69, 9.17) is 9.47 Å². The Kier molecular flexibility index (Phi) is 12.9. The summed E-state index contributed by atoms with van der Waals surface area (Å²) in [7, 11) is 0. The van der Waals surface area contributed by atoms with Crippen molar-refractivity contribution in [1.29, 1.82) is 0 Å². The molecule has 2 aliphatic heterocycles. The summed E-state index contributed by atoms with van der Waals surface area (Å²) in [6.45, 7) is 0. The molecule has 11 N–H and O–H groups in total. The van der Waals surface area contributed by atoms with Gasteiger partial charge in [0.2, 0.25) is 0 Å². The maximum atomic E-state index is 15.1. The maximum Gasteiger partial charge on any atom is 0.189 e. The number of aromatic hydroxyl groups is 11. The van der Waals surface area contributed by atoms with Crippen molar-refractivity contribution in [3.63, 3.8) is 0 Å². The van der Waals surface area contributed by atoms with E-state index in [9.17, 15) is 61.0 Å². The van der Waals surface area contributed by atoms with E-state index in [1.165, 1.54) is 91.0 Å². The number of ether oxygens (including phenoxy) is 2. The molecule has 0 bridgehead atoms. The summed E-state index contributed by atoms with van der Waals surface area (Å²) in [5.41, 5.74) is 2.91. The smallest absolute Gasteiger partial charge is 0.189 e. The highest BCUT2D eigenvalue weighted by atomic mass is 16.5. The molecule has 7 atom stereocenters. The third-order valence-corrected chi connectivity index (χ3v) is 14.0. The Labute approximate surface area is 428 Å². The quantitative estimate of drug-likeness (QED) is 0.0379. The Morgan fingerprint density at radius 1 is 0.467 bits per heavy atom. The number of Topliss-reactive ketones (excluding diaryl/α,β-unsaturated/α-hetero) is 1. The Morgan fingerprint density at radius 3 is 1.60 bits per heavy atom. The minimum atomic E-state index is -1.19. The molecule has 0 unspecified atom stereocenters. The number of phenols is 11. The maximum absolute atomic E-state index is 15.1. The highest BCUT2D eigenvalue weighted by molar-refractivity contribution is 6.08. The zero-order valence-corrected chi connectivity index (χ0v) is 39.5. The fourth-order valence-electron chi connectivity index (χ4n) is 10.5. The molecule has 8 aromatic rings. The molecule has 2 aliphatic rings. The Bertz CT molecular complexity index is 3520. The van der Waals surface area contributed by atoms with Crippen molar-refractivity contribution >= 4 is 17.6 Å². The molecule has 0 aromatic heterocycles. The lowest BCUT2D eigenvalue weighted by atomic mass is 9.72. The molecule has 15 heteroatoms. The Morgan fingerprint density at radius 2 is 1.00 bits per heavy atom. The number of ketones is 2. The molecular weight excluding hydrogens is 961 g/mol. The Hall–Kier alpha value is -9.60. The minimum absolute atomic E-state index is 0.0139. The van der Waals surface area contributed by atoms with E-state index in [1.807, 2.05) is 0 Å². The van der Waals surface area contributed by atoms with Crippen LogP contribution in [0.15, 0.2) is 164 Å². The summed E-state index contributed by atoms with van der Waals surface area (Å²) in [6, 6.07) is 37.6. The minimum Gasteiger partial charge on any atom is -0.508 e. The number of allylic oxidation sites excluding steroid dienone is 1. The van der Waals surface area contributed by atoms with Gasteiger partial charge in [-0.15, -0.1) is 0 Å². The van der Waals surface area contributed by atoms with Gasteiger partial charge in [0.1, 0.15) is 75.1 Å². The number of carbonyl (C=O) groups is 2. The van der Waals surface area contributed by atoms with Crippen LogP contribution in [0.25, 0.3) is 6.08 Å². The van der Waals surface area contributed by atoms with Crippen LogP contribution in [0.4, 0.5) is 0 Å². The first kappa shape index (κ1) is 49.0. The molecule has 1 saturated heterocycles. The second-order valence-electron chi connectivity index (χ2n) is 18.7. The van der Waals surface area contributed by atoms with Gasteiger partial charge in [-0.3, -0.25) is 9.59 Å². The molecule has 0 aliphatic carbocycles. The van der Waals surface area contributed by atoms with Crippen LogP contribution in [-0.4, -0.2) is 67.7 Å². The topological polar surface area (TPSA) is 275 Å². The normalized spacial score (nSPS) is 19.4. The molecule has 75 heavy (non-hydrogen) atoms. The molecule has 0 amide bonds. The van der Waals surface area contributed by atoms with Gasteiger partial charge in [-0.25, -0.2) is 0 Å². The van der Waals surface area contributed by atoms with Crippen LogP contribution < -0.4 is 4.74 Å². The van der Waals surface area contributed by atoms with Crippen molar-refractivity contribution in [3.8, 4) is 69.0 Å². The number of hydrogen-bond donors (Lipinski definition) is 11. The average Bonchev–Trinajstić information content (AvgIpc) is 3.95. The predicted octanol–water partition coefficient (Wildman–Crippen LogP) is 10.6. The number of rotatable bonds is 13. The van der Waals surface area contributed by atoms with Gasteiger partial charge in [0, 0.05) is 64.3 Å². The van der Waals surface area contributed by atoms with Gasteiger partial charge in [0.15, 0.2) is 11.6 Å². The first-order chi connectivity index (χ1) is 36.0. The number of phenolic OH excluding ortho intramolecular Hbond substituents is 11. The zero-order valence-electron chi connectivity index (χ0n) is 39.5. The van der Waals surface area contributed by atoms with Crippen LogP contribution in [0.1, 0.15) is 95.4 Å². The van der Waals surface area contributed by atoms with Gasteiger partial charge in [0.05, 0.1) is 29.3 Å². The molecule has 2 heterocycles. The summed E-state index contributed by atoms with van der Waals surface area (Å²) in [4.78, 5) is 28.4. The van der Waals surface area contributed by atoms with Crippen LogP contribution >= 0.6 is 0 Å². The largest absolute Gasteiger partial charge is 0.508 e. The molecule has 0 spiro atoms. The fourth-order valence-corrected chi connectivity index (χ4v) is 10.5. The SMILES string of the molecule is O=C(C=Cc1ccc2c(c1)[C@@H]([C@H](c1ccc(O)cc1O)c1cc([C@@H]3O[C@H](c4ccc(O)cc4)[C@@H](C(=O)c4ccc(O)cc4O)[C@@H]3Cc3ccc(O)cc3)c(O)cc1O)[C@H](c1ccc(O)cc1)O2)c1ccc(O)cc1O. The third-order valence-electron chi connectivity index (χ3n) is 14.0. The van der Waals surface area contributed by atoms with Gasteiger partial charge >= 0.3 is 0 Å². The molecular formula is C60H48O15. The van der Waals surface area contributed by atoms with Crippen molar-refractivity contribution in [1.82, 2.24) is 0 Å². The van der Waals surface area contributed by atoms with E-state index in [2.05, 4.69) is 0 Å². The lowest BCUT2D eigenvalue weighted by Gasteiger charge is -2.31.